The summed E-state index contributed by atoms with van der Waals surface area (Å²) in [4.78, 5) is 29.3. The molecule has 1 atom stereocenters. The van der Waals surface area contributed by atoms with Crippen LogP contribution in [-0.4, -0.2) is 27.9 Å². The molecule has 0 fully saturated rings. The van der Waals surface area contributed by atoms with Crippen LogP contribution in [-0.2, 0) is 9.53 Å². The number of rotatable bonds is 3. The Morgan fingerprint density at radius 2 is 2.24 bits per heavy atom. The molecule has 1 unspecified atom stereocenters. The van der Waals surface area contributed by atoms with E-state index >= 15 is 0 Å². The van der Waals surface area contributed by atoms with Crippen molar-refractivity contribution in [1.29, 1.82) is 0 Å². The van der Waals surface area contributed by atoms with Crippen molar-refractivity contribution in [3.63, 3.8) is 0 Å². The summed E-state index contributed by atoms with van der Waals surface area (Å²) >= 11 is 0. The van der Waals surface area contributed by atoms with Gasteiger partial charge in [0.1, 0.15) is 17.9 Å². The zero-order chi connectivity index (χ0) is 13.1. The van der Waals surface area contributed by atoms with E-state index in [1.165, 1.54) is 6.33 Å². The summed E-state index contributed by atoms with van der Waals surface area (Å²) in [6, 6.07) is -0.795. The SMILES string of the molecule is Cc1[nH]cnc1C(C=O)NC(=O)OC(C)(C)C. The number of aldehydes is 1. The van der Waals surface area contributed by atoms with Gasteiger partial charge in [-0.05, 0) is 27.7 Å². The summed E-state index contributed by atoms with van der Waals surface area (Å²) in [6.07, 6.45) is 1.45. The number of carbonyl (C=O) groups excluding carboxylic acids is 2. The van der Waals surface area contributed by atoms with Gasteiger partial charge in [-0.15, -0.1) is 0 Å². The topological polar surface area (TPSA) is 84.1 Å². The third kappa shape index (κ3) is 3.90. The van der Waals surface area contributed by atoms with Gasteiger partial charge < -0.3 is 19.8 Å². The number of ether oxygens (including phenoxy) is 1. The summed E-state index contributed by atoms with van der Waals surface area (Å²) in [5, 5.41) is 2.45. The van der Waals surface area contributed by atoms with Gasteiger partial charge in [0.2, 0.25) is 0 Å². The second kappa shape index (κ2) is 4.99. The molecule has 1 aromatic heterocycles. The average molecular weight is 239 g/mol. The number of aryl methyl sites for hydroxylation is 1. The van der Waals surface area contributed by atoms with Crippen molar-refractivity contribution in [2.45, 2.75) is 39.3 Å². The van der Waals surface area contributed by atoms with Crippen molar-refractivity contribution in [2.24, 2.45) is 0 Å². The number of alkyl carbamates (subject to hydrolysis) is 1. The standard InChI is InChI=1S/C11H17N3O3/c1-7-9(13-6-12-7)8(5-15)14-10(16)17-11(2,3)4/h5-6,8H,1-4H3,(H,12,13)(H,14,16). The van der Waals surface area contributed by atoms with Crippen LogP contribution in [0.3, 0.4) is 0 Å². The molecule has 0 aliphatic rings. The van der Waals surface area contributed by atoms with Crippen LogP contribution < -0.4 is 5.32 Å². The number of amides is 1. The van der Waals surface area contributed by atoms with Gasteiger partial charge in [-0.3, -0.25) is 0 Å². The Hall–Kier alpha value is -1.85. The molecule has 0 saturated heterocycles. The Balaban J connectivity index is 2.69. The van der Waals surface area contributed by atoms with Crippen LogP contribution in [0.2, 0.25) is 0 Å². The smallest absolute Gasteiger partial charge is 0.408 e. The van der Waals surface area contributed by atoms with E-state index < -0.39 is 17.7 Å². The van der Waals surface area contributed by atoms with Gasteiger partial charge in [-0.2, -0.15) is 0 Å². The minimum atomic E-state index is -0.795. The van der Waals surface area contributed by atoms with E-state index in [1.807, 2.05) is 0 Å². The zero-order valence-electron chi connectivity index (χ0n) is 10.4. The largest absolute Gasteiger partial charge is 0.444 e. The third-order valence-electron chi connectivity index (χ3n) is 1.97. The van der Waals surface area contributed by atoms with Crippen LogP contribution in [0.25, 0.3) is 0 Å². The lowest BCUT2D eigenvalue weighted by atomic mass is 10.2. The van der Waals surface area contributed by atoms with Crippen molar-refractivity contribution in [3.8, 4) is 0 Å². The minimum absolute atomic E-state index is 0.492. The molecule has 0 saturated carbocycles. The normalized spacial score (nSPS) is 12.9. The number of hydrogen-bond donors (Lipinski definition) is 2. The molecular formula is C11H17N3O3. The highest BCUT2D eigenvalue weighted by atomic mass is 16.6. The number of aromatic amines is 1. The number of hydrogen-bond acceptors (Lipinski definition) is 4. The first-order valence-electron chi connectivity index (χ1n) is 5.28. The molecule has 0 bridgehead atoms. The summed E-state index contributed by atoms with van der Waals surface area (Å²) < 4.78 is 5.06. The van der Waals surface area contributed by atoms with Crippen LogP contribution in [0.5, 0.6) is 0 Å². The fraction of sp³-hybridized carbons (Fsp3) is 0.545. The van der Waals surface area contributed by atoms with Gasteiger partial charge in [0.25, 0.3) is 0 Å². The van der Waals surface area contributed by atoms with E-state index in [0.29, 0.717) is 12.0 Å². The number of H-pyrrole nitrogens is 1. The second-order valence-corrected chi connectivity index (χ2v) is 4.67. The van der Waals surface area contributed by atoms with Gasteiger partial charge in [-0.25, -0.2) is 9.78 Å². The summed E-state index contributed by atoms with van der Waals surface area (Å²) in [5.41, 5.74) is 0.627. The maximum absolute atomic E-state index is 11.5. The van der Waals surface area contributed by atoms with E-state index in [1.54, 1.807) is 27.7 Å². The van der Waals surface area contributed by atoms with E-state index in [0.717, 1.165) is 5.69 Å². The van der Waals surface area contributed by atoms with E-state index in [2.05, 4.69) is 15.3 Å². The molecule has 0 aliphatic carbocycles. The lowest BCUT2D eigenvalue weighted by Gasteiger charge is -2.21. The van der Waals surface area contributed by atoms with Crippen molar-refractivity contribution in [1.82, 2.24) is 15.3 Å². The highest BCUT2D eigenvalue weighted by Crippen LogP contribution is 2.13. The third-order valence-corrected chi connectivity index (χ3v) is 1.97. The molecule has 0 aliphatic heterocycles. The first-order chi connectivity index (χ1) is 7.83. The fourth-order valence-electron chi connectivity index (χ4n) is 1.28. The Morgan fingerprint density at radius 3 is 2.65 bits per heavy atom. The Kier molecular flexibility index (Phi) is 3.88. The van der Waals surface area contributed by atoms with Crippen molar-refractivity contribution in [2.75, 3.05) is 0 Å². The summed E-state index contributed by atoms with van der Waals surface area (Å²) in [6.45, 7) is 7.03. The zero-order valence-corrected chi connectivity index (χ0v) is 10.4. The molecule has 0 radical (unpaired) electrons. The molecule has 6 heteroatoms. The molecule has 1 aromatic rings. The minimum Gasteiger partial charge on any atom is -0.444 e. The maximum atomic E-state index is 11.5. The van der Waals surface area contributed by atoms with Gasteiger partial charge in [0, 0.05) is 5.69 Å². The molecule has 1 heterocycles. The molecule has 0 aromatic carbocycles. The highest BCUT2D eigenvalue weighted by molar-refractivity contribution is 5.74. The molecular weight excluding hydrogens is 222 g/mol. The highest BCUT2D eigenvalue weighted by Gasteiger charge is 2.22. The van der Waals surface area contributed by atoms with Crippen molar-refractivity contribution >= 4 is 12.4 Å². The Morgan fingerprint density at radius 1 is 1.59 bits per heavy atom. The number of carbonyl (C=O) groups is 2. The van der Waals surface area contributed by atoms with Crippen LogP contribution in [0.15, 0.2) is 6.33 Å². The lowest BCUT2D eigenvalue weighted by molar-refractivity contribution is -0.109. The molecule has 1 amide bonds. The number of nitrogens with zero attached hydrogens (tertiary/aromatic N) is 1. The lowest BCUT2D eigenvalue weighted by Crippen LogP contribution is -2.35. The molecule has 2 N–H and O–H groups in total. The van der Waals surface area contributed by atoms with Crippen LogP contribution in [0.1, 0.15) is 38.2 Å². The van der Waals surface area contributed by atoms with E-state index in [-0.39, 0.29) is 0 Å². The molecule has 6 nitrogen and oxygen atoms in total. The van der Waals surface area contributed by atoms with Crippen molar-refractivity contribution < 1.29 is 14.3 Å². The van der Waals surface area contributed by atoms with Gasteiger partial charge in [0.05, 0.1) is 12.0 Å². The predicted octanol–water partition coefficient (Wildman–Crippen LogP) is 1.48. The molecule has 0 spiro atoms. The van der Waals surface area contributed by atoms with Gasteiger partial charge >= 0.3 is 6.09 Å². The maximum Gasteiger partial charge on any atom is 0.408 e. The van der Waals surface area contributed by atoms with E-state index in [4.69, 9.17) is 4.74 Å². The van der Waals surface area contributed by atoms with Crippen LogP contribution in [0.4, 0.5) is 4.79 Å². The summed E-state index contributed by atoms with van der Waals surface area (Å²) in [5.74, 6) is 0. The Bertz CT molecular complexity index is 406. The molecule has 1 rings (SSSR count). The predicted molar refractivity (Wildman–Crippen MR) is 61.5 cm³/mol. The molecule has 17 heavy (non-hydrogen) atoms. The molecule has 94 valence electrons. The first-order valence-corrected chi connectivity index (χ1v) is 5.28. The summed E-state index contributed by atoms with van der Waals surface area (Å²) in [7, 11) is 0. The number of nitrogens with one attached hydrogen (secondary N) is 2. The van der Waals surface area contributed by atoms with Crippen LogP contribution in [0, 0.1) is 6.92 Å². The van der Waals surface area contributed by atoms with Gasteiger partial charge in [0.15, 0.2) is 0 Å². The second-order valence-electron chi connectivity index (χ2n) is 4.67. The Labute approximate surface area is 99.8 Å². The van der Waals surface area contributed by atoms with E-state index in [9.17, 15) is 9.59 Å². The van der Waals surface area contributed by atoms with Gasteiger partial charge in [-0.1, -0.05) is 0 Å². The first kappa shape index (κ1) is 13.2. The van der Waals surface area contributed by atoms with Crippen LogP contribution >= 0.6 is 0 Å². The number of imidazole rings is 1. The number of aromatic nitrogens is 2. The quantitative estimate of drug-likeness (QED) is 0.782. The monoisotopic (exact) mass is 239 g/mol. The van der Waals surface area contributed by atoms with Crippen molar-refractivity contribution in [3.05, 3.63) is 17.7 Å². The average Bonchev–Trinajstić information content (AvgIpc) is 2.58. The fourth-order valence-corrected chi connectivity index (χ4v) is 1.28.